The van der Waals surface area contributed by atoms with E-state index < -0.39 is 0 Å². The molecule has 1 aliphatic heterocycles. The van der Waals surface area contributed by atoms with Crippen molar-refractivity contribution in [3.05, 3.63) is 0 Å². The second kappa shape index (κ2) is 4.99. The summed E-state index contributed by atoms with van der Waals surface area (Å²) in [6, 6.07) is 0.582. The van der Waals surface area contributed by atoms with E-state index in [2.05, 4.69) is 26.1 Å². The fourth-order valence-corrected chi connectivity index (χ4v) is 3.50. The molecule has 2 aliphatic rings. The van der Waals surface area contributed by atoms with Crippen LogP contribution in [-0.2, 0) is 0 Å². The number of rotatable bonds is 3. The van der Waals surface area contributed by atoms with Gasteiger partial charge in [0.15, 0.2) is 5.17 Å². The Bertz CT molecular complexity index is 266. The molecule has 16 heavy (non-hydrogen) atoms. The zero-order valence-electron chi connectivity index (χ0n) is 10.8. The SMILES string of the molecule is CCC1(CN=C2NC(C)C(C)CS2)CCC1. The third-order valence-corrected chi connectivity index (χ3v) is 5.62. The van der Waals surface area contributed by atoms with Gasteiger partial charge in [-0.25, -0.2) is 0 Å². The van der Waals surface area contributed by atoms with Gasteiger partial charge in [-0.3, -0.25) is 4.99 Å². The van der Waals surface area contributed by atoms with E-state index >= 15 is 0 Å². The Labute approximate surface area is 104 Å². The van der Waals surface area contributed by atoms with Crippen LogP contribution in [-0.4, -0.2) is 23.5 Å². The van der Waals surface area contributed by atoms with Crippen LogP contribution in [0.2, 0.25) is 0 Å². The van der Waals surface area contributed by atoms with Crippen LogP contribution in [0.15, 0.2) is 4.99 Å². The van der Waals surface area contributed by atoms with Gasteiger partial charge >= 0.3 is 0 Å². The Hall–Kier alpha value is -0.180. The van der Waals surface area contributed by atoms with Gasteiger partial charge < -0.3 is 5.32 Å². The van der Waals surface area contributed by atoms with E-state index in [1.807, 2.05) is 11.8 Å². The fraction of sp³-hybridized carbons (Fsp3) is 0.923. The molecule has 2 unspecified atom stereocenters. The van der Waals surface area contributed by atoms with Gasteiger partial charge in [-0.2, -0.15) is 0 Å². The van der Waals surface area contributed by atoms with Gasteiger partial charge in [-0.1, -0.05) is 32.0 Å². The normalized spacial score (nSPS) is 35.6. The van der Waals surface area contributed by atoms with E-state index in [-0.39, 0.29) is 0 Å². The third kappa shape index (κ3) is 2.55. The number of hydrogen-bond acceptors (Lipinski definition) is 2. The molecule has 2 fully saturated rings. The van der Waals surface area contributed by atoms with Crippen LogP contribution in [0.5, 0.6) is 0 Å². The molecule has 0 bridgehead atoms. The standard InChI is InChI=1S/C13H24N2S/c1-4-13(6-5-7-13)9-14-12-15-11(3)10(2)8-16-12/h10-11H,4-9H2,1-3H3,(H,14,15). The molecule has 0 amide bonds. The largest absolute Gasteiger partial charge is 0.362 e. The highest BCUT2D eigenvalue weighted by atomic mass is 32.2. The van der Waals surface area contributed by atoms with Gasteiger partial charge in [0.2, 0.25) is 0 Å². The number of nitrogens with one attached hydrogen (secondary N) is 1. The molecule has 0 aromatic rings. The molecule has 0 spiro atoms. The van der Waals surface area contributed by atoms with Crippen LogP contribution in [0.1, 0.15) is 46.5 Å². The van der Waals surface area contributed by atoms with Crippen molar-refractivity contribution in [2.24, 2.45) is 16.3 Å². The van der Waals surface area contributed by atoms with Crippen molar-refractivity contribution in [1.82, 2.24) is 5.32 Å². The summed E-state index contributed by atoms with van der Waals surface area (Å²) in [5.74, 6) is 1.97. The summed E-state index contributed by atoms with van der Waals surface area (Å²) in [5, 5.41) is 4.71. The highest BCUT2D eigenvalue weighted by Gasteiger charge is 2.35. The average Bonchev–Trinajstić information content (AvgIpc) is 2.22. The van der Waals surface area contributed by atoms with Crippen molar-refractivity contribution in [3.8, 4) is 0 Å². The minimum Gasteiger partial charge on any atom is -0.362 e. The van der Waals surface area contributed by atoms with Gasteiger partial charge in [0, 0.05) is 18.3 Å². The summed E-state index contributed by atoms with van der Waals surface area (Å²) in [7, 11) is 0. The average molecular weight is 240 g/mol. The molecule has 1 aliphatic carbocycles. The molecule has 0 aromatic heterocycles. The van der Waals surface area contributed by atoms with Crippen LogP contribution >= 0.6 is 11.8 Å². The lowest BCUT2D eigenvalue weighted by Gasteiger charge is -2.40. The second-order valence-corrected chi connectivity index (χ2v) is 6.56. The van der Waals surface area contributed by atoms with Crippen molar-refractivity contribution in [2.75, 3.05) is 12.3 Å². The fourth-order valence-electron chi connectivity index (χ4n) is 2.36. The molecule has 1 saturated carbocycles. The lowest BCUT2D eigenvalue weighted by atomic mass is 9.67. The Kier molecular flexibility index (Phi) is 3.83. The molecular weight excluding hydrogens is 216 g/mol. The van der Waals surface area contributed by atoms with Gasteiger partial charge in [-0.15, -0.1) is 0 Å². The molecule has 1 saturated heterocycles. The number of amidine groups is 1. The second-order valence-electron chi connectivity index (χ2n) is 5.55. The quantitative estimate of drug-likeness (QED) is 0.818. The zero-order valence-corrected chi connectivity index (χ0v) is 11.6. The lowest BCUT2D eigenvalue weighted by molar-refractivity contribution is 0.139. The zero-order chi connectivity index (χ0) is 11.6. The summed E-state index contributed by atoms with van der Waals surface area (Å²) in [4.78, 5) is 4.80. The first-order chi connectivity index (χ1) is 7.65. The summed E-state index contributed by atoms with van der Waals surface area (Å²) in [6.07, 6.45) is 5.47. The van der Waals surface area contributed by atoms with Crippen LogP contribution in [0, 0.1) is 11.3 Å². The molecule has 1 heterocycles. The summed E-state index contributed by atoms with van der Waals surface area (Å²) < 4.78 is 0. The number of nitrogens with zero attached hydrogens (tertiary/aromatic N) is 1. The van der Waals surface area contributed by atoms with Crippen molar-refractivity contribution in [1.29, 1.82) is 0 Å². The summed E-state index contributed by atoms with van der Waals surface area (Å²) >= 11 is 1.90. The lowest BCUT2D eigenvalue weighted by Crippen LogP contribution is -2.42. The first-order valence-electron chi connectivity index (χ1n) is 6.59. The molecule has 1 N–H and O–H groups in total. The van der Waals surface area contributed by atoms with Gasteiger partial charge in [-0.05, 0) is 37.5 Å². The van der Waals surface area contributed by atoms with E-state index in [1.165, 1.54) is 36.6 Å². The predicted molar refractivity (Wildman–Crippen MR) is 73.1 cm³/mol. The van der Waals surface area contributed by atoms with Crippen molar-refractivity contribution >= 4 is 16.9 Å². The van der Waals surface area contributed by atoms with E-state index in [9.17, 15) is 0 Å². The van der Waals surface area contributed by atoms with Crippen LogP contribution < -0.4 is 5.32 Å². The Morgan fingerprint density at radius 1 is 1.44 bits per heavy atom. The third-order valence-electron chi connectivity index (χ3n) is 4.41. The summed E-state index contributed by atoms with van der Waals surface area (Å²) in [5.41, 5.74) is 0.557. The van der Waals surface area contributed by atoms with Crippen LogP contribution in [0.4, 0.5) is 0 Å². The Morgan fingerprint density at radius 2 is 2.19 bits per heavy atom. The van der Waals surface area contributed by atoms with Gasteiger partial charge in [0.1, 0.15) is 0 Å². The van der Waals surface area contributed by atoms with E-state index in [0.29, 0.717) is 11.5 Å². The highest BCUT2D eigenvalue weighted by molar-refractivity contribution is 8.13. The molecule has 2 nitrogen and oxygen atoms in total. The van der Waals surface area contributed by atoms with Gasteiger partial charge in [0.05, 0.1) is 0 Å². The first-order valence-corrected chi connectivity index (χ1v) is 7.57. The maximum absolute atomic E-state index is 4.80. The monoisotopic (exact) mass is 240 g/mol. The maximum atomic E-state index is 4.80. The van der Waals surface area contributed by atoms with E-state index in [4.69, 9.17) is 4.99 Å². The van der Waals surface area contributed by atoms with Gasteiger partial charge in [0.25, 0.3) is 0 Å². The topological polar surface area (TPSA) is 24.4 Å². The van der Waals surface area contributed by atoms with E-state index in [1.54, 1.807) is 0 Å². The van der Waals surface area contributed by atoms with E-state index in [0.717, 1.165) is 12.5 Å². The molecule has 3 heteroatoms. The van der Waals surface area contributed by atoms with Crippen molar-refractivity contribution in [2.45, 2.75) is 52.5 Å². The predicted octanol–water partition coefficient (Wildman–Crippen LogP) is 3.28. The minimum atomic E-state index is 0.557. The molecule has 0 radical (unpaired) electrons. The maximum Gasteiger partial charge on any atom is 0.156 e. The smallest absolute Gasteiger partial charge is 0.156 e. The number of aliphatic imine (C=N–C) groups is 1. The molecule has 2 atom stereocenters. The van der Waals surface area contributed by atoms with Crippen LogP contribution in [0.3, 0.4) is 0 Å². The number of thioether (sulfide) groups is 1. The summed E-state index contributed by atoms with van der Waals surface area (Å²) in [6.45, 7) is 7.92. The highest BCUT2D eigenvalue weighted by Crippen LogP contribution is 2.44. The molecule has 0 aromatic carbocycles. The number of hydrogen-bond donors (Lipinski definition) is 1. The van der Waals surface area contributed by atoms with Crippen LogP contribution in [0.25, 0.3) is 0 Å². The Balaban J connectivity index is 1.87. The Morgan fingerprint density at radius 3 is 2.69 bits per heavy atom. The van der Waals surface area contributed by atoms with Crippen molar-refractivity contribution in [3.63, 3.8) is 0 Å². The molecule has 2 rings (SSSR count). The minimum absolute atomic E-state index is 0.557. The van der Waals surface area contributed by atoms with Crippen molar-refractivity contribution < 1.29 is 0 Å². The first kappa shape index (κ1) is 12.3. The molecular formula is C13H24N2S. The molecule has 92 valence electrons.